The molecule has 0 aromatic heterocycles. The lowest BCUT2D eigenvalue weighted by Crippen LogP contribution is -2.47. The minimum atomic E-state index is -0.486. The van der Waals surface area contributed by atoms with Crippen molar-refractivity contribution in [3.8, 4) is 16.9 Å². The molecule has 8 nitrogen and oxygen atoms in total. The van der Waals surface area contributed by atoms with Crippen LogP contribution in [0.5, 0.6) is 5.75 Å². The monoisotopic (exact) mass is 580 g/mol. The van der Waals surface area contributed by atoms with Crippen LogP contribution in [0.3, 0.4) is 0 Å². The number of nitrogens with two attached hydrogens (primary N) is 1. The molecule has 2 N–H and O–H groups in total. The minimum Gasteiger partial charge on any atom is -0.482 e. The zero-order valence-corrected chi connectivity index (χ0v) is 23.6. The van der Waals surface area contributed by atoms with Crippen molar-refractivity contribution < 1.29 is 19.1 Å². The Morgan fingerprint density at radius 1 is 1.02 bits per heavy atom. The lowest BCUT2D eigenvalue weighted by atomic mass is 9.96. The van der Waals surface area contributed by atoms with Crippen molar-refractivity contribution in [2.24, 2.45) is 5.73 Å². The summed E-state index contributed by atoms with van der Waals surface area (Å²) in [6.45, 7) is 2.25. The Balaban J connectivity index is 1.41. The van der Waals surface area contributed by atoms with Gasteiger partial charge < -0.3 is 20.3 Å². The van der Waals surface area contributed by atoms with Crippen LogP contribution >= 0.6 is 23.2 Å². The Kier molecular flexibility index (Phi) is 8.30. The Morgan fingerprint density at radius 2 is 1.70 bits per heavy atom. The third-order valence-corrected chi connectivity index (χ3v) is 8.25. The summed E-state index contributed by atoms with van der Waals surface area (Å²) in [5.74, 6) is -0.634. The highest BCUT2D eigenvalue weighted by Gasteiger charge is 2.32. The smallest absolute Gasteiger partial charge is 0.265 e. The van der Waals surface area contributed by atoms with Crippen molar-refractivity contribution in [2.45, 2.75) is 18.9 Å². The summed E-state index contributed by atoms with van der Waals surface area (Å²) in [6.07, 6.45) is 2.24. The Hall–Kier alpha value is -3.59. The van der Waals surface area contributed by atoms with Crippen molar-refractivity contribution in [3.05, 3.63) is 81.8 Å². The molecule has 3 aromatic rings. The molecule has 40 heavy (non-hydrogen) atoms. The number of benzene rings is 3. The maximum absolute atomic E-state index is 13.7. The van der Waals surface area contributed by atoms with E-state index in [9.17, 15) is 14.4 Å². The number of primary amides is 1. The molecule has 2 aliphatic heterocycles. The number of rotatable bonds is 8. The van der Waals surface area contributed by atoms with Gasteiger partial charge in [-0.05, 0) is 54.8 Å². The van der Waals surface area contributed by atoms with Crippen LogP contribution in [0, 0.1) is 0 Å². The van der Waals surface area contributed by atoms with Crippen LogP contribution in [-0.4, -0.2) is 67.4 Å². The number of carbonyl (C=O) groups is 3. The number of hydrogen-bond acceptors (Lipinski definition) is 5. The largest absolute Gasteiger partial charge is 0.482 e. The molecule has 2 aliphatic rings. The normalized spacial score (nSPS) is 15.9. The van der Waals surface area contributed by atoms with E-state index in [4.69, 9.17) is 33.7 Å². The lowest BCUT2D eigenvalue weighted by molar-refractivity contribution is -0.133. The predicted octanol–water partition coefficient (Wildman–Crippen LogP) is 4.78. The highest BCUT2D eigenvalue weighted by atomic mass is 35.5. The first-order valence-electron chi connectivity index (χ1n) is 13.1. The van der Waals surface area contributed by atoms with Crippen LogP contribution in [0.2, 0.25) is 10.0 Å². The van der Waals surface area contributed by atoms with Crippen molar-refractivity contribution in [3.63, 3.8) is 0 Å². The van der Waals surface area contributed by atoms with Crippen LogP contribution in [0.4, 0.5) is 5.69 Å². The van der Waals surface area contributed by atoms with E-state index in [1.807, 2.05) is 36.4 Å². The third kappa shape index (κ3) is 5.80. The number of hydrogen-bond donors (Lipinski definition) is 1. The number of likely N-dealkylation sites (tertiary alicyclic amines) is 1. The molecule has 0 saturated carbocycles. The zero-order valence-electron chi connectivity index (χ0n) is 22.1. The average molecular weight is 582 g/mol. The van der Waals surface area contributed by atoms with Gasteiger partial charge in [-0.2, -0.15) is 0 Å². The SMILES string of the molecule is CN(C(=O)CN1C(=O)COc2cc(Cl)c(Cl)cc21)C(CN1CCCC1)c1ccc(-c2ccccc2C(N)=O)cc1. The predicted molar refractivity (Wildman–Crippen MR) is 156 cm³/mol. The van der Waals surface area contributed by atoms with E-state index in [0.717, 1.165) is 42.6 Å². The number of ether oxygens (including phenoxy) is 1. The fourth-order valence-corrected chi connectivity index (χ4v) is 5.60. The van der Waals surface area contributed by atoms with Gasteiger partial charge in [-0.15, -0.1) is 0 Å². The van der Waals surface area contributed by atoms with E-state index in [-0.39, 0.29) is 36.0 Å². The molecule has 5 rings (SSSR count). The molecule has 2 heterocycles. The van der Waals surface area contributed by atoms with Crippen LogP contribution < -0.4 is 15.4 Å². The number of anilines is 1. The highest BCUT2D eigenvalue weighted by molar-refractivity contribution is 6.42. The molecule has 1 atom stereocenters. The number of carbonyl (C=O) groups excluding carboxylic acids is 3. The summed E-state index contributed by atoms with van der Waals surface area (Å²) < 4.78 is 5.53. The van der Waals surface area contributed by atoms with Gasteiger partial charge in [0.2, 0.25) is 11.8 Å². The molecule has 0 radical (unpaired) electrons. The van der Waals surface area contributed by atoms with Crippen molar-refractivity contribution in [1.29, 1.82) is 0 Å². The lowest BCUT2D eigenvalue weighted by Gasteiger charge is -2.35. The summed E-state index contributed by atoms with van der Waals surface area (Å²) in [4.78, 5) is 43.9. The van der Waals surface area contributed by atoms with Gasteiger partial charge in [0.1, 0.15) is 12.3 Å². The number of nitrogens with zero attached hydrogens (tertiary/aromatic N) is 3. The summed E-state index contributed by atoms with van der Waals surface area (Å²) in [7, 11) is 1.76. The molecule has 1 fully saturated rings. The first-order chi connectivity index (χ1) is 19.2. The van der Waals surface area contributed by atoms with Gasteiger partial charge in [0.25, 0.3) is 5.91 Å². The van der Waals surface area contributed by atoms with Crippen LogP contribution in [-0.2, 0) is 9.59 Å². The van der Waals surface area contributed by atoms with E-state index in [0.29, 0.717) is 28.6 Å². The highest BCUT2D eigenvalue weighted by Crippen LogP contribution is 2.39. The molecule has 0 spiro atoms. The molecule has 1 unspecified atom stereocenters. The molecular formula is C30H30Cl2N4O4. The number of amides is 3. The Bertz CT molecular complexity index is 1440. The van der Waals surface area contributed by atoms with Crippen LogP contribution in [0.15, 0.2) is 60.7 Å². The first-order valence-corrected chi connectivity index (χ1v) is 13.9. The van der Waals surface area contributed by atoms with E-state index in [1.54, 1.807) is 36.2 Å². The second kappa shape index (κ2) is 11.9. The second-order valence-corrected chi connectivity index (χ2v) is 10.9. The summed E-state index contributed by atoms with van der Waals surface area (Å²) in [6, 6.07) is 17.9. The fraction of sp³-hybridized carbons (Fsp3) is 0.300. The second-order valence-electron chi connectivity index (χ2n) is 10.1. The topological polar surface area (TPSA) is 96.2 Å². The van der Waals surface area contributed by atoms with E-state index < -0.39 is 5.91 Å². The maximum atomic E-state index is 13.7. The van der Waals surface area contributed by atoms with Gasteiger partial charge in [-0.25, -0.2) is 0 Å². The van der Waals surface area contributed by atoms with Gasteiger partial charge in [0.15, 0.2) is 6.61 Å². The molecule has 3 amide bonds. The van der Waals surface area contributed by atoms with Crippen LogP contribution in [0.25, 0.3) is 11.1 Å². The zero-order chi connectivity index (χ0) is 28.4. The molecule has 3 aromatic carbocycles. The summed E-state index contributed by atoms with van der Waals surface area (Å²) in [5, 5.41) is 0.583. The Labute approximate surface area is 243 Å². The van der Waals surface area contributed by atoms with Gasteiger partial charge in [0.05, 0.1) is 21.8 Å². The summed E-state index contributed by atoms with van der Waals surface area (Å²) >= 11 is 12.3. The van der Waals surface area contributed by atoms with E-state index >= 15 is 0 Å². The van der Waals surface area contributed by atoms with Crippen molar-refractivity contribution in [2.75, 3.05) is 44.7 Å². The Morgan fingerprint density at radius 3 is 2.40 bits per heavy atom. The van der Waals surface area contributed by atoms with Crippen LogP contribution in [0.1, 0.15) is 34.8 Å². The third-order valence-electron chi connectivity index (χ3n) is 7.53. The molecule has 10 heteroatoms. The number of halogens is 2. The number of fused-ring (bicyclic) bond motifs is 1. The fourth-order valence-electron chi connectivity index (χ4n) is 5.29. The van der Waals surface area contributed by atoms with Crippen molar-refractivity contribution >= 4 is 46.6 Å². The summed E-state index contributed by atoms with van der Waals surface area (Å²) in [5.41, 5.74) is 9.02. The standard InChI is InChI=1S/C30H30Cl2N4O4/c1-34(28(37)17-36-25-14-23(31)24(32)15-27(25)40-18-29(36)38)26(16-35-12-4-5-13-35)20-10-8-19(9-11-20)21-6-2-3-7-22(21)30(33)39/h2-3,6-11,14-15,26H,4-5,12-13,16-18H2,1H3,(H2,33,39). The van der Waals surface area contributed by atoms with Gasteiger partial charge in [-0.3, -0.25) is 19.3 Å². The minimum absolute atomic E-state index is 0.162. The van der Waals surface area contributed by atoms with Gasteiger partial charge >= 0.3 is 0 Å². The number of likely N-dealkylation sites (N-methyl/N-ethyl adjacent to an activating group) is 1. The molecule has 208 valence electrons. The average Bonchev–Trinajstić information content (AvgIpc) is 3.47. The maximum Gasteiger partial charge on any atom is 0.265 e. The quantitative estimate of drug-likeness (QED) is 0.413. The molecule has 1 saturated heterocycles. The van der Waals surface area contributed by atoms with E-state index in [1.165, 1.54) is 4.90 Å². The molecule has 0 bridgehead atoms. The first kappa shape index (κ1) is 28.0. The molecular weight excluding hydrogens is 551 g/mol. The molecule has 0 aliphatic carbocycles. The van der Waals surface area contributed by atoms with E-state index in [2.05, 4.69) is 4.90 Å². The van der Waals surface area contributed by atoms with Gasteiger partial charge in [0, 0.05) is 25.2 Å². The van der Waals surface area contributed by atoms with Gasteiger partial charge in [-0.1, -0.05) is 65.7 Å². The van der Waals surface area contributed by atoms with Crippen molar-refractivity contribution in [1.82, 2.24) is 9.80 Å².